The Morgan fingerprint density at radius 2 is 2.04 bits per heavy atom. The second-order valence-electron chi connectivity index (χ2n) is 6.82. The van der Waals surface area contributed by atoms with Gasteiger partial charge in [-0.25, -0.2) is 9.50 Å². The molecule has 0 aliphatic heterocycles. The van der Waals surface area contributed by atoms with E-state index in [1.54, 1.807) is 17.8 Å². The Morgan fingerprint density at radius 3 is 2.88 bits per heavy atom. The van der Waals surface area contributed by atoms with Crippen molar-refractivity contribution in [3.05, 3.63) is 59.0 Å². The first-order valence-corrected chi connectivity index (χ1v) is 8.77. The molecule has 0 atom stereocenters. The van der Waals surface area contributed by atoms with E-state index in [9.17, 15) is 4.79 Å². The molecule has 1 aromatic carbocycles. The Labute approximate surface area is 149 Å². The molecule has 1 aliphatic carbocycles. The minimum Gasteiger partial charge on any atom is -0.477 e. The Bertz CT molecular complexity index is 1190. The van der Waals surface area contributed by atoms with Crippen LogP contribution in [-0.4, -0.2) is 25.8 Å². The molecule has 3 heterocycles. The summed E-state index contributed by atoms with van der Waals surface area (Å²) >= 11 is 0. The van der Waals surface area contributed by atoms with E-state index in [1.807, 2.05) is 47.0 Å². The minimum atomic E-state index is -0.0252. The molecule has 1 fully saturated rings. The van der Waals surface area contributed by atoms with Crippen LogP contribution in [0.1, 0.15) is 12.8 Å². The number of hydrogen-bond donors (Lipinski definition) is 0. The lowest BCUT2D eigenvalue weighted by atomic mass is 10.2. The van der Waals surface area contributed by atoms with Crippen LogP contribution in [0.4, 0.5) is 0 Å². The molecule has 0 spiro atoms. The third kappa shape index (κ3) is 2.45. The molecule has 1 aliphatic rings. The number of rotatable bonds is 4. The van der Waals surface area contributed by atoms with Crippen molar-refractivity contribution in [3.63, 3.8) is 0 Å². The summed E-state index contributed by atoms with van der Waals surface area (Å²) < 4.78 is 9.22. The molecule has 3 aromatic heterocycles. The van der Waals surface area contributed by atoms with Gasteiger partial charge in [0.2, 0.25) is 5.88 Å². The number of hydrogen-bond acceptors (Lipinski definition) is 4. The van der Waals surface area contributed by atoms with Crippen LogP contribution < -0.4 is 10.3 Å². The van der Waals surface area contributed by atoms with Crippen LogP contribution >= 0.6 is 0 Å². The van der Waals surface area contributed by atoms with Crippen molar-refractivity contribution in [3.8, 4) is 17.1 Å². The van der Waals surface area contributed by atoms with E-state index < -0.39 is 0 Å². The maximum atomic E-state index is 12.6. The summed E-state index contributed by atoms with van der Waals surface area (Å²) in [6.07, 6.45) is 4.22. The van der Waals surface area contributed by atoms with E-state index in [0.717, 1.165) is 29.0 Å². The van der Waals surface area contributed by atoms with Crippen LogP contribution in [0.25, 0.3) is 27.8 Å². The third-order valence-corrected chi connectivity index (χ3v) is 4.90. The van der Waals surface area contributed by atoms with Crippen molar-refractivity contribution in [2.24, 2.45) is 13.0 Å². The molecule has 5 rings (SSSR count). The zero-order valence-corrected chi connectivity index (χ0v) is 14.4. The zero-order chi connectivity index (χ0) is 17.7. The molecule has 0 bridgehead atoms. The fraction of sp³-hybridized carbons (Fsp3) is 0.250. The fourth-order valence-corrected chi connectivity index (χ4v) is 3.19. The zero-order valence-electron chi connectivity index (χ0n) is 14.4. The van der Waals surface area contributed by atoms with Crippen molar-refractivity contribution in [1.29, 1.82) is 0 Å². The lowest BCUT2D eigenvalue weighted by molar-refractivity contribution is 0.288. The summed E-state index contributed by atoms with van der Waals surface area (Å²) in [4.78, 5) is 16.9. The Morgan fingerprint density at radius 1 is 1.19 bits per heavy atom. The first kappa shape index (κ1) is 15.1. The highest BCUT2D eigenvalue weighted by Crippen LogP contribution is 2.30. The normalized spacial score (nSPS) is 14.2. The van der Waals surface area contributed by atoms with Crippen molar-refractivity contribution < 1.29 is 4.74 Å². The summed E-state index contributed by atoms with van der Waals surface area (Å²) in [5, 5.41) is 5.39. The number of nitrogens with zero attached hydrogens (tertiary/aromatic N) is 4. The predicted octanol–water partition coefficient (Wildman–Crippen LogP) is 3.04. The van der Waals surface area contributed by atoms with E-state index in [-0.39, 0.29) is 5.56 Å². The first-order valence-electron chi connectivity index (χ1n) is 8.77. The maximum absolute atomic E-state index is 12.6. The SMILES string of the molecule is Cn1c(=O)c2ccccc2n2nc(-c3ccnc(OCC4CC4)c3)cc12. The minimum absolute atomic E-state index is 0.0252. The average Bonchev–Trinajstić information content (AvgIpc) is 3.40. The van der Waals surface area contributed by atoms with Gasteiger partial charge < -0.3 is 4.74 Å². The second-order valence-corrected chi connectivity index (χ2v) is 6.82. The quantitative estimate of drug-likeness (QED) is 0.570. The molecule has 0 amide bonds. The molecule has 4 aromatic rings. The van der Waals surface area contributed by atoms with Gasteiger partial charge in [-0.05, 0) is 37.0 Å². The number of ether oxygens (including phenoxy) is 1. The molecule has 0 N–H and O–H groups in total. The molecule has 0 unspecified atom stereocenters. The second kappa shape index (κ2) is 5.69. The van der Waals surface area contributed by atoms with Crippen molar-refractivity contribution >= 4 is 16.6 Å². The van der Waals surface area contributed by atoms with Gasteiger partial charge in [-0.1, -0.05) is 12.1 Å². The average molecular weight is 346 g/mol. The van der Waals surface area contributed by atoms with Gasteiger partial charge in [-0.15, -0.1) is 0 Å². The number of fused-ring (bicyclic) bond motifs is 3. The number of aryl methyl sites for hydroxylation is 1. The maximum Gasteiger partial charge on any atom is 0.261 e. The molecule has 6 heteroatoms. The highest BCUT2D eigenvalue weighted by Gasteiger charge is 2.22. The van der Waals surface area contributed by atoms with Gasteiger partial charge in [0.15, 0.2) is 0 Å². The van der Waals surface area contributed by atoms with E-state index in [0.29, 0.717) is 17.2 Å². The molecule has 130 valence electrons. The summed E-state index contributed by atoms with van der Waals surface area (Å²) in [6, 6.07) is 13.3. The van der Waals surface area contributed by atoms with Gasteiger partial charge in [0.05, 0.1) is 23.2 Å². The highest BCUT2D eigenvalue weighted by molar-refractivity contribution is 5.81. The lowest BCUT2D eigenvalue weighted by Gasteiger charge is -2.05. The van der Waals surface area contributed by atoms with E-state index in [1.165, 1.54) is 12.8 Å². The van der Waals surface area contributed by atoms with Crippen LogP contribution in [0.3, 0.4) is 0 Å². The van der Waals surface area contributed by atoms with Gasteiger partial charge in [-0.2, -0.15) is 5.10 Å². The van der Waals surface area contributed by atoms with E-state index in [4.69, 9.17) is 9.84 Å². The largest absolute Gasteiger partial charge is 0.477 e. The molecule has 6 nitrogen and oxygen atoms in total. The molecule has 0 radical (unpaired) electrons. The van der Waals surface area contributed by atoms with Crippen LogP contribution in [0.5, 0.6) is 5.88 Å². The van der Waals surface area contributed by atoms with Crippen molar-refractivity contribution in [2.75, 3.05) is 6.61 Å². The summed E-state index contributed by atoms with van der Waals surface area (Å²) in [5.41, 5.74) is 3.24. The van der Waals surface area contributed by atoms with Crippen molar-refractivity contribution in [2.45, 2.75) is 12.8 Å². The van der Waals surface area contributed by atoms with Crippen LogP contribution in [-0.2, 0) is 7.05 Å². The molecular formula is C20H18N4O2. The Balaban J connectivity index is 1.64. The van der Waals surface area contributed by atoms with Gasteiger partial charge in [0.1, 0.15) is 5.65 Å². The van der Waals surface area contributed by atoms with E-state index in [2.05, 4.69) is 4.98 Å². The van der Waals surface area contributed by atoms with Gasteiger partial charge in [0, 0.05) is 30.9 Å². The Hall–Kier alpha value is -3.15. The van der Waals surface area contributed by atoms with Crippen molar-refractivity contribution in [1.82, 2.24) is 19.2 Å². The number of benzene rings is 1. The fourth-order valence-electron chi connectivity index (χ4n) is 3.19. The monoisotopic (exact) mass is 346 g/mol. The Kier molecular flexibility index (Phi) is 3.31. The molecule has 0 saturated heterocycles. The molecular weight excluding hydrogens is 328 g/mol. The summed E-state index contributed by atoms with van der Waals surface area (Å²) in [5.74, 6) is 1.29. The van der Waals surface area contributed by atoms with Gasteiger partial charge in [-0.3, -0.25) is 9.36 Å². The third-order valence-electron chi connectivity index (χ3n) is 4.90. The highest BCUT2D eigenvalue weighted by atomic mass is 16.5. The standard InChI is InChI=1S/C20H18N4O2/c1-23-19-11-16(14-8-9-21-18(10-14)26-12-13-6-7-13)22-24(19)17-5-3-2-4-15(17)20(23)25/h2-5,8-11,13H,6-7,12H2,1H3. The topological polar surface area (TPSA) is 61.4 Å². The van der Waals surface area contributed by atoms with Crippen LogP contribution in [0.2, 0.25) is 0 Å². The van der Waals surface area contributed by atoms with Crippen LogP contribution in [0.15, 0.2) is 53.5 Å². The lowest BCUT2D eigenvalue weighted by Crippen LogP contribution is -2.19. The predicted molar refractivity (Wildman–Crippen MR) is 99.4 cm³/mol. The smallest absolute Gasteiger partial charge is 0.261 e. The van der Waals surface area contributed by atoms with Gasteiger partial charge >= 0.3 is 0 Å². The van der Waals surface area contributed by atoms with Gasteiger partial charge in [0.25, 0.3) is 5.56 Å². The first-order chi connectivity index (χ1) is 12.7. The number of pyridine rings is 1. The molecule has 26 heavy (non-hydrogen) atoms. The summed E-state index contributed by atoms with van der Waals surface area (Å²) in [6.45, 7) is 0.723. The van der Waals surface area contributed by atoms with Crippen LogP contribution in [0, 0.1) is 5.92 Å². The van der Waals surface area contributed by atoms with E-state index >= 15 is 0 Å². The number of para-hydroxylation sites is 1. The summed E-state index contributed by atoms with van der Waals surface area (Å²) in [7, 11) is 1.77. The molecule has 1 saturated carbocycles. The number of aromatic nitrogens is 4.